The number of thioether (sulfide) groups is 1. The van der Waals surface area contributed by atoms with E-state index in [9.17, 15) is 0 Å². The summed E-state index contributed by atoms with van der Waals surface area (Å²) < 4.78 is 0.893. The van der Waals surface area contributed by atoms with Crippen molar-refractivity contribution < 1.29 is 0 Å². The first-order valence-electron chi connectivity index (χ1n) is 4.86. The Hall–Kier alpha value is 0.300. The van der Waals surface area contributed by atoms with E-state index in [1.54, 1.807) is 11.3 Å². The molecule has 2 atom stereocenters. The standard InChI is InChI=1S/C10H14ClNS2/c1-7-4-5-12-8(6-13-7)9-2-3-10(11)14-9/h2-3,7-8,12H,4-6H2,1H3. The van der Waals surface area contributed by atoms with Gasteiger partial charge in [-0.15, -0.1) is 11.3 Å². The minimum Gasteiger partial charge on any atom is -0.309 e. The molecule has 4 heteroatoms. The van der Waals surface area contributed by atoms with Crippen molar-refractivity contribution in [1.29, 1.82) is 0 Å². The maximum atomic E-state index is 5.93. The Morgan fingerprint density at radius 1 is 1.50 bits per heavy atom. The van der Waals surface area contributed by atoms with Crippen molar-refractivity contribution in [2.75, 3.05) is 12.3 Å². The van der Waals surface area contributed by atoms with Crippen LogP contribution in [0.1, 0.15) is 24.3 Å². The Labute approximate surface area is 98.2 Å². The maximum Gasteiger partial charge on any atom is 0.0931 e. The van der Waals surface area contributed by atoms with Gasteiger partial charge in [-0.25, -0.2) is 0 Å². The third kappa shape index (κ3) is 2.66. The van der Waals surface area contributed by atoms with Crippen LogP contribution < -0.4 is 5.32 Å². The second-order valence-corrected chi connectivity index (χ2v) is 6.80. The average molecular weight is 248 g/mol. The van der Waals surface area contributed by atoms with Crippen molar-refractivity contribution in [2.45, 2.75) is 24.6 Å². The molecule has 1 aromatic rings. The van der Waals surface area contributed by atoms with E-state index >= 15 is 0 Å². The molecule has 0 amide bonds. The third-order valence-corrected chi connectivity index (χ3v) is 5.10. The first kappa shape index (κ1) is 10.8. The van der Waals surface area contributed by atoms with Crippen LogP contribution in [0.5, 0.6) is 0 Å². The summed E-state index contributed by atoms with van der Waals surface area (Å²) >= 11 is 9.68. The first-order chi connectivity index (χ1) is 6.75. The van der Waals surface area contributed by atoms with Gasteiger partial charge in [-0.05, 0) is 25.1 Å². The molecule has 0 bridgehead atoms. The van der Waals surface area contributed by atoms with Crippen LogP contribution in [0.2, 0.25) is 4.34 Å². The molecule has 0 aliphatic carbocycles. The highest BCUT2D eigenvalue weighted by atomic mass is 35.5. The lowest BCUT2D eigenvalue weighted by Gasteiger charge is -2.12. The molecule has 1 nitrogen and oxygen atoms in total. The third-order valence-electron chi connectivity index (χ3n) is 2.43. The smallest absolute Gasteiger partial charge is 0.0931 e. The molecule has 0 radical (unpaired) electrons. The van der Waals surface area contributed by atoms with E-state index in [-0.39, 0.29) is 0 Å². The minimum atomic E-state index is 0.502. The Morgan fingerprint density at radius 2 is 2.36 bits per heavy atom. The number of rotatable bonds is 1. The summed E-state index contributed by atoms with van der Waals surface area (Å²) in [5.41, 5.74) is 0. The summed E-state index contributed by atoms with van der Waals surface area (Å²) in [6, 6.07) is 4.63. The van der Waals surface area contributed by atoms with E-state index in [0.717, 1.165) is 21.9 Å². The fraction of sp³-hybridized carbons (Fsp3) is 0.600. The highest BCUT2D eigenvalue weighted by Gasteiger charge is 2.18. The number of halogens is 1. The molecule has 1 N–H and O–H groups in total. The zero-order valence-corrected chi connectivity index (χ0v) is 10.5. The number of thiophene rings is 1. The van der Waals surface area contributed by atoms with E-state index in [2.05, 4.69) is 30.1 Å². The van der Waals surface area contributed by atoms with Crippen LogP contribution in [0, 0.1) is 0 Å². The molecule has 0 saturated carbocycles. The Balaban J connectivity index is 2.04. The first-order valence-corrected chi connectivity index (χ1v) is 7.10. The van der Waals surface area contributed by atoms with Gasteiger partial charge in [-0.3, -0.25) is 0 Å². The second-order valence-electron chi connectivity index (χ2n) is 3.58. The van der Waals surface area contributed by atoms with Gasteiger partial charge >= 0.3 is 0 Å². The zero-order chi connectivity index (χ0) is 9.97. The van der Waals surface area contributed by atoms with Crippen LogP contribution in [0.3, 0.4) is 0 Å². The molecule has 14 heavy (non-hydrogen) atoms. The highest BCUT2D eigenvalue weighted by molar-refractivity contribution is 7.99. The van der Waals surface area contributed by atoms with Crippen LogP contribution in [-0.4, -0.2) is 17.5 Å². The van der Waals surface area contributed by atoms with Crippen LogP contribution in [0.25, 0.3) is 0 Å². The molecule has 1 aliphatic heterocycles. The Morgan fingerprint density at radius 3 is 3.07 bits per heavy atom. The molecule has 1 fully saturated rings. The molecule has 0 spiro atoms. The zero-order valence-electron chi connectivity index (χ0n) is 8.13. The normalized spacial score (nSPS) is 28.7. The molecule has 2 unspecified atom stereocenters. The maximum absolute atomic E-state index is 5.93. The molecule has 2 rings (SSSR count). The van der Waals surface area contributed by atoms with E-state index in [0.29, 0.717) is 6.04 Å². The summed E-state index contributed by atoms with van der Waals surface area (Å²) in [5.74, 6) is 1.16. The van der Waals surface area contributed by atoms with Gasteiger partial charge in [0.1, 0.15) is 0 Å². The lowest BCUT2D eigenvalue weighted by Crippen LogP contribution is -2.21. The molecule has 2 heterocycles. The summed E-state index contributed by atoms with van der Waals surface area (Å²) in [6.45, 7) is 3.42. The lowest BCUT2D eigenvalue weighted by atomic mass is 10.2. The van der Waals surface area contributed by atoms with Crippen molar-refractivity contribution in [1.82, 2.24) is 5.32 Å². The fourth-order valence-electron chi connectivity index (χ4n) is 1.56. The molecule has 78 valence electrons. The van der Waals surface area contributed by atoms with Gasteiger partial charge in [0.05, 0.1) is 10.4 Å². The van der Waals surface area contributed by atoms with Gasteiger partial charge in [-0.2, -0.15) is 11.8 Å². The topological polar surface area (TPSA) is 12.0 Å². The van der Waals surface area contributed by atoms with E-state index in [1.165, 1.54) is 11.3 Å². The number of hydrogen-bond donors (Lipinski definition) is 1. The quantitative estimate of drug-likeness (QED) is 0.815. The lowest BCUT2D eigenvalue weighted by molar-refractivity contribution is 0.586. The summed E-state index contributed by atoms with van der Waals surface area (Å²) in [5, 5.41) is 4.35. The molecular weight excluding hydrogens is 234 g/mol. The van der Waals surface area contributed by atoms with Gasteiger partial charge in [-0.1, -0.05) is 18.5 Å². The highest BCUT2D eigenvalue weighted by Crippen LogP contribution is 2.31. The average Bonchev–Trinajstić information content (AvgIpc) is 2.46. The van der Waals surface area contributed by atoms with Crippen LogP contribution in [-0.2, 0) is 0 Å². The Bertz CT molecular complexity index is 300. The monoisotopic (exact) mass is 247 g/mol. The minimum absolute atomic E-state index is 0.502. The van der Waals surface area contributed by atoms with Gasteiger partial charge in [0.15, 0.2) is 0 Å². The van der Waals surface area contributed by atoms with Crippen LogP contribution in [0.4, 0.5) is 0 Å². The van der Waals surface area contributed by atoms with Crippen molar-refractivity contribution in [2.24, 2.45) is 0 Å². The summed E-state index contributed by atoms with van der Waals surface area (Å²) in [6.07, 6.45) is 1.26. The summed E-state index contributed by atoms with van der Waals surface area (Å²) in [7, 11) is 0. The van der Waals surface area contributed by atoms with Gasteiger partial charge in [0, 0.05) is 15.9 Å². The van der Waals surface area contributed by atoms with Crippen molar-refractivity contribution in [3.8, 4) is 0 Å². The molecule has 1 aliphatic rings. The fourth-order valence-corrected chi connectivity index (χ4v) is 3.91. The van der Waals surface area contributed by atoms with E-state index in [4.69, 9.17) is 11.6 Å². The molecular formula is C10H14ClNS2. The van der Waals surface area contributed by atoms with E-state index in [1.807, 2.05) is 6.07 Å². The van der Waals surface area contributed by atoms with Gasteiger partial charge in [0.2, 0.25) is 0 Å². The van der Waals surface area contributed by atoms with E-state index < -0.39 is 0 Å². The van der Waals surface area contributed by atoms with Crippen LogP contribution in [0.15, 0.2) is 12.1 Å². The summed E-state index contributed by atoms with van der Waals surface area (Å²) in [4.78, 5) is 1.37. The molecule has 1 saturated heterocycles. The number of hydrogen-bond acceptors (Lipinski definition) is 3. The van der Waals surface area contributed by atoms with Crippen molar-refractivity contribution >= 4 is 34.7 Å². The SMILES string of the molecule is CC1CCNC(c2ccc(Cl)s2)CS1. The van der Waals surface area contributed by atoms with Gasteiger partial charge < -0.3 is 5.32 Å². The Kier molecular flexibility index (Phi) is 3.77. The largest absolute Gasteiger partial charge is 0.309 e. The predicted octanol–water partition coefficient (Wildman–Crippen LogP) is 3.56. The van der Waals surface area contributed by atoms with Gasteiger partial charge in [0.25, 0.3) is 0 Å². The predicted molar refractivity (Wildman–Crippen MR) is 66.6 cm³/mol. The van der Waals surface area contributed by atoms with Crippen molar-refractivity contribution in [3.63, 3.8) is 0 Å². The second kappa shape index (κ2) is 4.88. The van der Waals surface area contributed by atoms with Crippen molar-refractivity contribution in [3.05, 3.63) is 21.3 Å². The number of nitrogens with one attached hydrogen (secondary N) is 1. The van der Waals surface area contributed by atoms with Crippen LogP contribution >= 0.6 is 34.7 Å². The molecule has 1 aromatic heterocycles. The molecule has 0 aromatic carbocycles.